The number of nitrogens with zero attached hydrogens (tertiary/aromatic N) is 4. The third-order valence-corrected chi connectivity index (χ3v) is 13.1. The molecule has 16 heteroatoms. The van der Waals surface area contributed by atoms with E-state index in [1.54, 1.807) is 4.90 Å². The maximum Gasteiger partial charge on any atom is 0.407 e. The lowest BCUT2D eigenvalue weighted by Gasteiger charge is -2.37. The van der Waals surface area contributed by atoms with E-state index >= 15 is 0 Å². The van der Waals surface area contributed by atoms with E-state index in [4.69, 9.17) is 19.2 Å². The third kappa shape index (κ3) is 11.1. The van der Waals surface area contributed by atoms with Gasteiger partial charge in [0.05, 0.1) is 33.5 Å². The van der Waals surface area contributed by atoms with Crippen LogP contribution >= 0.6 is 0 Å². The first-order valence-corrected chi connectivity index (χ1v) is 23.1. The average molecular weight is 905 g/mol. The number of amides is 5. The molecule has 3 fully saturated rings. The Bertz CT molecular complexity index is 2240. The van der Waals surface area contributed by atoms with Crippen molar-refractivity contribution in [3.05, 3.63) is 96.3 Å². The van der Waals surface area contributed by atoms with Crippen LogP contribution in [0.15, 0.2) is 90.8 Å². The fraction of sp³-hybridized carbons (Fsp3) is 0.480. The van der Waals surface area contributed by atoms with Crippen LogP contribution in [0.5, 0.6) is 0 Å². The lowest BCUT2D eigenvalue weighted by molar-refractivity contribution is -0.140. The SMILES string of the molecule is COC(=O)N[C@H](C(=O)Nc1ccc([C@H]2CC[C@@H](C3C=CC(NC(=O)[C@@H]4CCCN4C(=O)[C@@H](NC(=O)OC)C(C)C)=CC3)N2c2ccc(-c3ccc(N4CCOCC4)nc3)cc2)cc1)C(C)C. The van der Waals surface area contributed by atoms with E-state index in [2.05, 4.69) is 91.7 Å². The van der Waals surface area contributed by atoms with E-state index in [1.165, 1.54) is 14.2 Å². The summed E-state index contributed by atoms with van der Waals surface area (Å²) >= 11 is 0. The second-order valence-electron chi connectivity index (χ2n) is 18.0. The van der Waals surface area contributed by atoms with Crippen LogP contribution in [0.2, 0.25) is 0 Å². The zero-order chi connectivity index (χ0) is 46.9. The fourth-order valence-corrected chi connectivity index (χ4v) is 9.47. The van der Waals surface area contributed by atoms with Gasteiger partial charge in [-0.25, -0.2) is 14.6 Å². The Hall–Kier alpha value is -6.42. The molecule has 3 saturated heterocycles. The van der Waals surface area contributed by atoms with Crippen molar-refractivity contribution in [1.82, 2.24) is 25.8 Å². The summed E-state index contributed by atoms with van der Waals surface area (Å²) in [6, 6.07) is 18.7. The van der Waals surface area contributed by atoms with Crippen molar-refractivity contribution in [2.24, 2.45) is 17.8 Å². The van der Waals surface area contributed by atoms with Crippen LogP contribution in [0, 0.1) is 17.8 Å². The fourth-order valence-electron chi connectivity index (χ4n) is 9.47. The summed E-state index contributed by atoms with van der Waals surface area (Å²) in [6.45, 7) is 10.9. The number of morpholine rings is 1. The molecule has 2 aromatic carbocycles. The molecule has 4 heterocycles. The van der Waals surface area contributed by atoms with E-state index in [0.717, 1.165) is 54.1 Å². The lowest BCUT2D eigenvalue weighted by Crippen LogP contribution is -2.55. The Morgan fingerprint density at radius 1 is 0.758 bits per heavy atom. The van der Waals surface area contributed by atoms with Crippen LogP contribution < -0.4 is 31.1 Å². The number of carbonyl (C=O) groups excluding carboxylic acids is 5. The Labute approximate surface area is 387 Å². The van der Waals surface area contributed by atoms with E-state index in [9.17, 15) is 24.0 Å². The highest BCUT2D eigenvalue weighted by atomic mass is 16.5. The maximum atomic E-state index is 13.7. The van der Waals surface area contributed by atoms with E-state index in [-0.39, 0.29) is 47.6 Å². The van der Waals surface area contributed by atoms with E-state index in [0.29, 0.717) is 50.4 Å². The molecule has 3 aliphatic heterocycles. The molecular weight excluding hydrogens is 841 g/mol. The van der Waals surface area contributed by atoms with Gasteiger partial charge in [-0.15, -0.1) is 0 Å². The molecule has 5 amide bonds. The zero-order valence-electron chi connectivity index (χ0n) is 38.8. The number of ether oxygens (including phenoxy) is 3. The molecule has 16 nitrogen and oxygen atoms in total. The van der Waals surface area contributed by atoms with Crippen molar-refractivity contribution >= 4 is 47.1 Å². The van der Waals surface area contributed by atoms with Gasteiger partial charge in [0.2, 0.25) is 17.7 Å². The molecular formula is C50H64N8O8. The smallest absolute Gasteiger partial charge is 0.407 e. The van der Waals surface area contributed by atoms with Crippen molar-refractivity contribution in [3.63, 3.8) is 0 Å². The van der Waals surface area contributed by atoms with E-state index < -0.39 is 30.3 Å². The minimum atomic E-state index is -0.808. The Kier molecular flexibility index (Phi) is 15.6. The van der Waals surface area contributed by atoms with Crippen LogP contribution in [0.25, 0.3) is 11.1 Å². The molecule has 4 aliphatic rings. The van der Waals surface area contributed by atoms with Gasteiger partial charge in [-0.3, -0.25) is 14.4 Å². The topological polar surface area (TPSA) is 184 Å². The van der Waals surface area contributed by atoms with Crippen LogP contribution in [0.3, 0.4) is 0 Å². The number of likely N-dealkylation sites (tertiary alicyclic amines) is 1. The van der Waals surface area contributed by atoms with Gasteiger partial charge >= 0.3 is 12.2 Å². The minimum Gasteiger partial charge on any atom is -0.453 e. The van der Waals surface area contributed by atoms with Gasteiger partial charge in [-0.2, -0.15) is 0 Å². The lowest BCUT2D eigenvalue weighted by atomic mass is 9.90. The second-order valence-corrected chi connectivity index (χ2v) is 18.0. The average Bonchev–Trinajstić information content (AvgIpc) is 4.02. The summed E-state index contributed by atoms with van der Waals surface area (Å²) in [6.07, 6.45) is 10.5. The molecule has 3 aromatic rings. The summed E-state index contributed by atoms with van der Waals surface area (Å²) in [4.78, 5) is 75.7. The number of pyridine rings is 1. The molecule has 0 spiro atoms. The highest BCUT2D eigenvalue weighted by Crippen LogP contribution is 2.45. The van der Waals surface area contributed by atoms with Crippen LogP contribution in [-0.2, 0) is 28.6 Å². The maximum absolute atomic E-state index is 13.7. The van der Waals surface area contributed by atoms with Gasteiger partial charge in [0, 0.05) is 60.4 Å². The van der Waals surface area contributed by atoms with Crippen LogP contribution in [-0.4, -0.2) is 111 Å². The molecule has 0 saturated carbocycles. The quantitative estimate of drug-likeness (QED) is 0.137. The normalized spacial score (nSPS) is 21.5. The number of carbonyl (C=O) groups is 5. The second kappa shape index (κ2) is 21.7. The van der Waals surface area contributed by atoms with Crippen LogP contribution in [0.1, 0.15) is 71.4 Å². The molecule has 0 radical (unpaired) electrons. The first kappa shape index (κ1) is 47.5. The standard InChI is InChI=1S/C50H64N8O8/c1-31(2)44(54-49(62)64-5)47(60)53-38-18-11-35(12-19-38)41-23-22-40(58(41)39-20-13-33(14-21-39)36-15-24-43(51-30-36)56-26-28-66-29-27-56)34-9-16-37(17-10-34)52-46(59)42-8-7-25-57(42)48(61)45(32(3)4)55-50(63)65-6/h9,11-21,24,30-32,34,40-42,44-45H,7-8,10,22-23,25-29H2,1-6H3,(H,52,59)(H,53,60)(H,54,62)(H,55,63)/t34?,40-,41+,42-,44-,45-/m0/s1. The molecule has 1 unspecified atom stereocenters. The molecule has 1 aliphatic carbocycles. The van der Waals surface area contributed by atoms with Crippen molar-refractivity contribution in [3.8, 4) is 11.1 Å². The van der Waals surface area contributed by atoms with E-state index in [1.807, 2.05) is 52.1 Å². The largest absolute Gasteiger partial charge is 0.453 e. The zero-order valence-corrected chi connectivity index (χ0v) is 38.8. The monoisotopic (exact) mass is 904 g/mol. The van der Waals surface area contributed by atoms with Gasteiger partial charge in [-0.05, 0) is 97.5 Å². The van der Waals surface area contributed by atoms with Crippen molar-refractivity contribution in [1.29, 1.82) is 0 Å². The van der Waals surface area contributed by atoms with Crippen molar-refractivity contribution in [2.75, 3.05) is 62.2 Å². The number of hydrogen-bond acceptors (Lipinski definition) is 11. The predicted molar refractivity (Wildman–Crippen MR) is 253 cm³/mol. The number of benzene rings is 2. The molecule has 1 aromatic heterocycles. The number of rotatable bonds is 14. The molecule has 352 valence electrons. The highest BCUT2D eigenvalue weighted by Gasteiger charge is 2.41. The van der Waals surface area contributed by atoms with Crippen molar-refractivity contribution in [2.45, 2.75) is 90.0 Å². The third-order valence-electron chi connectivity index (χ3n) is 13.1. The van der Waals surface area contributed by atoms with Gasteiger partial charge in [0.25, 0.3) is 0 Å². The molecule has 0 bridgehead atoms. The van der Waals surface area contributed by atoms with Gasteiger partial charge in [0.1, 0.15) is 23.9 Å². The number of allylic oxidation sites excluding steroid dienone is 2. The number of aromatic nitrogens is 1. The Morgan fingerprint density at radius 2 is 1.42 bits per heavy atom. The summed E-state index contributed by atoms with van der Waals surface area (Å²) in [5.74, 6) is -0.137. The first-order chi connectivity index (χ1) is 31.8. The van der Waals surface area contributed by atoms with Crippen LogP contribution in [0.4, 0.5) is 26.8 Å². The Balaban J connectivity index is 1.07. The summed E-state index contributed by atoms with van der Waals surface area (Å²) in [7, 11) is 2.53. The summed E-state index contributed by atoms with van der Waals surface area (Å²) in [5.41, 5.74) is 5.61. The predicted octanol–water partition coefficient (Wildman–Crippen LogP) is 6.56. The highest BCUT2D eigenvalue weighted by molar-refractivity contribution is 5.97. The minimum absolute atomic E-state index is 0.0391. The first-order valence-electron chi connectivity index (χ1n) is 23.1. The molecule has 66 heavy (non-hydrogen) atoms. The van der Waals surface area contributed by atoms with Gasteiger partial charge in [-0.1, -0.05) is 64.1 Å². The Morgan fingerprint density at radius 3 is 2.03 bits per heavy atom. The molecule has 6 atom stereocenters. The summed E-state index contributed by atoms with van der Waals surface area (Å²) < 4.78 is 15.0. The molecule has 4 N–H and O–H groups in total. The number of anilines is 3. The van der Waals surface area contributed by atoms with Gasteiger partial charge in [0.15, 0.2) is 0 Å². The number of alkyl carbamates (subject to hydrolysis) is 2. The number of hydrogen-bond donors (Lipinski definition) is 4. The van der Waals surface area contributed by atoms with Gasteiger partial charge < -0.3 is 50.2 Å². The van der Waals surface area contributed by atoms with Crippen molar-refractivity contribution < 1.29 is 38.2 Å². The number of nitrogens with one attached hydrogen (secondary N) is 4. The summed E-state index contributed by atoms with van der Waals surface area (Å²) in [5, 5.41) is 11.3. The molecule has 7 rings (SSSR count). The number of methoxy groups -OCH3 is 2.